The SMILES string of the molecule is CCNCCCNCCc1cccs1. The maximum atomic E-state index is 3.45. The third-order valence-corrected chi connectivity index (χ3v) is 3.02. The fourth-order valence-electron chi connectivity index (χ4n) is 1.31. The second-order valence-corrected chi connectivity index (χ2v) is 4.32. The molecule has 0 aliphatic heterocycles. The van der Waals surface area contributed by atoms with Gasteiger partial charge in [-0.05, 0) is 50.5 Å². The first-order valence-electron chi connectivity index (χ1n) is 5.37. The molecular weight excluding hydrogens is 192 g/mol. The molecule has 80 valence electrons. The molecule has 0 spiro atoms. The van der Waals surface area contributed by atoms with Crippen LogP contribution in [0.1, 0.15) is 18.2 Å². The molecule has 0 saturated carbocycles. The summed E-state index contributed by atoms with van der Waals surface area (Å²) in [5.41, 5.74) is 0. The van der Waals surface area contributed by atoms with Gasteiger partial charge >= 0.3 is 0 Å². The van der Waals surface area contributed by atoms with Crippen LogP contribution in [0.25, 0.3) is 0 Å². The second kappa shape index (κ2) is 7.97. The Hall–Kier alpha value is -0.380. The Labute approximate surface area is 90.7 Å². The molecule has 1 aromatic heterocycles. The van der Waals surface area contributed by atoms with Crippen LogP contribution in [0, 0.1) is 0 Å². The van der Waals surface area contributed by atoms with E-state index in [2.05, 4.69) is 35.1 Å². The number of nitrogens with one attached hydrogen (secondary N) is 2. The minimum Gasteiger partial charge on any atom is -0.317 e. The Morgan fingerprint density at radius 2 is 2.07 bits per heavy atom. The number of hydrogen-bond donors (Lipinski definition) is 2. The fraction of sp³-hybridized carbons (Fsp3) is 0.636. The van der Waals surface area contributed by atoms with Crippen molar-refractivity contribution in [3.05, 3.63) is 22.4 Å². The molecule has 1 rings (SSSR count). The zero-order chi connectivity index (χ0) is 10.1. The van der Waals surface area contributed by atoms with E-state index in [9.17, 15) is 0 Å². The molecule has 1 heterocycles. The van der Waals surface area contributed by atoms with Crippen molar-refractivity contribution in [2.24, 2.45) is 0 Å². The van der Waals surface area contributed by atoms with Gasteiger partial charge in [-0.2, -0.15) is 0 Å². The quantitative estimate of drug-likeness (QED) is 0.643. The molecule has 3 heteroatoms. The van der Waals surface area contributed by atoms with Crippen LogP contribution in [0.4, 0.5) is 0 Å². The first kappa shape index (κ1) is 11.7. The summed E-state index contributed by atoms with van der Waals surface area (Å²) in [6, 6.07) is 4.32. The Balaban J connectivity index is 1.85. The first-order valence-corrected chi connectivity index (χ1v) is 6.25. The van der Waals surface area contributed by atoms with E-state index < -0.39 is 0 Å². The highest BCUT2D eigenvalue weighted by Gasteiger charge is 1.92. The smallest absolute Gasteiger partial charge is 0.00578 e. The molecule has 1 aromatic rings. The molecule has 0 radical (unpaired) electrons. The van der Waals surface area contributed by atoms with E-state index in [1.54, 1.807) is 0 Å². The van der Waals surface area contributed by atoms with Crippen molar-refractivity contribution in [2.75, 3.05) is 26.2 Å². The molecule has 0 amide bonds. The topological polar surface area (TPSA) is 24.1 Å². The minimum absolute atomic E-state index is 1.08. The largest absolute Gasteiger partial charge is 0.317 e. The summed E-state index contributed by atoms with van der Waals surface area (Å²) in [4.78, 5) is 1.48. The van der Waals surface area contributed by atoms with Crippen molar-refractivity contribution in [2.45, 2.75) is 19.8 Å². The summed E-state index contributed by atoms with van der Waals surface area (Å²) < 4.78 is 0. The highest BCUT2D eigenvalue weighted by Crippen LogP contribution is 2.07. The molecule has 0 unspecified atom stereocenters. The van der Waals surface area contributed by atoms with Crippen molar-refractivity contribution < 1.29 is 0 Å². The van der Waals surface area contributed by atoms with Gasteiger partial charge in [0.15, 0.2) is 0 Å². The summed E-state index contributed by atoms with van der Waals surface area (Å²) in [6.45, 7) is 6.58. The van der Waals surface area contributed by atoms with Crippen molar-refractivity contribution in [3.8, 4) is 0 Å². The Bertz CT molecular complexity index is 209. The van der Waals surface area contributed by atoms with E-state index in [4.69, 9.17) is 0 Å². The maximum absolute atomic E-state index is 3.45. The molecule has 0 aromatic carbocycles. The number of thiophene rings is 1. The number of hydrogen-bond acceptors (Lipinski definition) is 3. The van der Waals surface area contributed by atoms with Gasteiger partial charge in [-0.1, -0.05) is 13.0 Å². The number of rotatable bonds is 8. The standard InChI is InChI=1S/C11H20N2S/c1-2-12-7-4-8-13-9-6-11-5-3-10-14-11/h3,5,10,12-13H,2,4,6-9H2,1H3. The van der Waals surface area contributed by atoms with Crippen molar-refractivity contribution in [1.29, 1.82) is 0 Å². The van der Waals surface area contributed by atoms with Gasteiger partial charge in [0.25, 0.3) is 0 Å². The second-order valence-electron chi connectivity index (χ2n) is 3.29. The molecule has 0 bridgehead atoms. The third kappa shape index (κ3) is 5.37. The van der Waals surface area contributed by atoms with Gasteiger partial charge in [-0.3, -0.25) is 0 Å². The predicted octanol–water partition coefficient (Wildman–Crippen LogP) is 1.88. The van der Waals surface area contributed by atoms with Gasteiger partial charge in [0.2, 0.25) is 0 Å². The molecule has 2 nitrogen and oxygen atoms in total. The molecule has 0 fully saturated rings. The summed E-state index contributed by atoms with van der Waals surface area (Å²) in [5.74, 6) is 0. The molecule has 14 heavy (non-hydrogen) atoms. The molecule has 2 N–H and O–H groups in total. The molecule has 0 aliphatic carbocycles. The fourth-order valence-corrected chi connectivity index (χ4v) is 2.02. The van der Waals surface area contributed by atoms with Crippen LogP contribution in [0.3, 0.4) is 0 Å². The lowest BCUT2D eigenvalue weighted by atomic mass is 10.3. The van der Waals surface area contributed by atoms with Gasteiger partial charge < -0.3 is 10.6 Å². The molecule has 0 saturated heterocycles. The van der Waals surface area contributed by atoms with Crippen molar-refractivity contribution in [1.82, 2.24) is 10.6 Å². The Kier molecular flexibility index (Phi) is 6.66. The van der Waals surface area contributed by atoms with E-state index in [-0.39, 0.29) is 0 Å². The van der Waals surface area contributed by atoms with E-state index in [1.165, 1.54) is 17.7 Å². The van der Waals surface area contributed by atoms with Crippen LogP contribution in [-0.4, -0.2) is 26.2 Å². The average Bonchev–Trinajstić information content (AvgIpc) is 2.69. The van der Waals surface area contributed by atoms with E-state index in [1.807, 2.05) is 11.3 Å². The Morgan fingerprint density at radius 3 is 2.79 bits per heavy atom. The summed E-state index contributed by atoms with van der Waals surface area (Å²) in [6.07, 6.45) is 2.39. The lowest BCUT2D eigenvalue weighted by Gasteiger charge is -2.03. The van der Waals surface area contributed by atoms with E-state index in [0.29, 0.717) is 0 Å². The van der Waals surface area contributed by atoms with Crippen LogP contribution >= 0.6 is 11.3 Å². The Morgan fingerprint density at radius 1 is 1.21 bits per heavy atom. The zero-order valence-electron chi connectivity index (χ0n) is 8.88. The van der Waals surface area contributed by atoms with Gasteiger partial charge in [-0.15, -0.1) is 11.3 Å². The maximum Gasteiger partial charge on any atom is 0.00578 e. The van der Waals surface area contributed by atoms with Gasteiger partial charge in [0.05, 0.1) is 0 Å². The van der Waals surface area contributed by atoms with Gasteiger partial charge in [-0.25, -0.2) is 0 Å². The normalized spacial score (nSPS) is 10.6. The molecular formula is C11H20N2S. The lowest BCUT2D eigenvalue weighted by Crippen LogP contribution is -2.23. The van der Waals surface area contributed by atoms with E-state index in [0.717, 1.165) is 26.2 Å². The lowest BCUT2D eigenvalue weighted by molar-refractivity contribution is 0.608. The molecule has 0 aliphatic rings. The minimum atomic E-state index is 1.08. The molecule has 0 atom stereocenters. The van der Waals surface area contributed by atoms with Crippen LogP contribution in [-0.2, 0) is 6.42 Å². The van der Waals surface area contributed by atoms with Gasteiger partial charge in [0.1, 0.15) is 0 Å². The highest BCUT2D eigenvalue weighted by atomic mass is 32.1. The first-order chi connectivity index (χ1) is 6.93. The monoisotopic (exact) mass is 212 g/mol. The summed E-state index contributed by atoms with van der Waals surface area (Å²) in [5, 5.41) is 8.90. The highest BCUT2D eigenvalue weighted by molar-refractivity contribution is 7.09. The zero-order valence-corrected chi connectivity index (χ0v) is 9.70. The van der Waals surface area contributed by atoms with Crippen molar-refractivity contribution in [3.63, 3.8) is 0 Å². The summed E-state index contributed by atoms with van der Waals surface area (Å²) in [7, 11) is 0. The average molecular weight is 212 g/mol. The van der Waals surface area contributed by atoms with Crippen LogP contribution in [0.15, 0.2) is 17.5 Å². The van der Waals surface area contributed by atoms with Crippen molar-refractivity contribution >= 4 is 11.3 Å². The summed E-state index contributed by atoms with van der Waals surface area (Å²) >= 11 is 1.84. The van der Waals surface area contributed by atoms with Gasteiger partial charge in [0, 0.05) is 4.88 Å². The van der Waals surface area contributed by atoms with Crippen LogP contribution < -0.4 is 10.6 Å². The van der Waals surface area contributed by atoms with Crippen LogP contribution in [0.5, 0.6) is 0 Å². The van der Waals surface area contributed by atoms with Crippen LogP contribution in [0.2, 0.25) is 0 Å². The van der Waals surface area contributed by atoms with E-state index >= 15 is 0 Å². The third-order valence-electron chi connectivity index (χ3n) is 2.09. The predicted molar refractivity (Wildman–Crippen MR) is 64.1 cm³/mol.